The average molecular weight is 493 g/mol. The summed E-state index contributed by atoms with van der Waals surface area (Å²) >= 11 is 1.18. The number of halogens is 4. The van der Waals surface area contributed by atoms with Crippen LogP contribution in [0.15, 0.2) is 48.0 Å². The highest BCUT2D eigenvalue weighted by Gasteiger charge is 2.31. The van der Waals surface area contributed by atoms with Crippen molar-refractivity contribution in [2.24, 2.45) is 0 Å². The molecule has 1 aliphatic heterocycles. The minimum absolute atomic E-state index is 0.0570. The number of nitrogens with one attached hydrogen (secondary N) is 1. The third kappa shape index (κ3) is 5.68. The number of amides is 2. The van der Waals surface area contributed by atoms with Crippen molar-refractivity contribution >= 4 is 34.1 Å². The molecule has 1 fully saturated rings. The standard InChI is InChI=1S/C22H19F4N5O2S/c23-16-4-1-14(2-5-16)20(33)29-21-28-17(13-34-21)11-19(32)31-9-7-30(8-10-31)18-6-3-15(12-27-18)22(24,25)26/h1-6,12-13H,7-11H2,(H,28,29,33). The van der Waals surface area contributed by atoms with E-state index in [0.29, 0.717) is 42.8 Å². The second-order valence-electron chi connectivity index (χ2n) is 7.55. The van der Waals surface area contributed by atoms with Crippen LogP contribution in [0.2, 0.25) is 0 Å². The molecule has 1 aliphatic rings. The molecule has 178 valence electrons. The van der Waals surface area contributed by atoms with E-state index in [2.05, 4.69) is 15.3 Å². The molecule has 0 bridgehead atoms. The van der Waals surface area contributed by atoms with E-state index in [-0.39, 0.29) is 17.9 Å². The molecule has 1 aromatic carbocycles. The lowest BCUT2D eigenvalue weighted by Gasteiger charge is -2.35. The number of alkyl halides is 3. The Bertz CT molecular complexity index is 1160. The maximum atomic E-state index is 13.0. The van der Waals surface area contributed by atoms with Crippen LogP contribution in [0.1, 0.15) is 21.6 Å². The zero-order valence-corrected chi connectivity index (χ0v) is 18.5. The third-order valence-electron chi connectivity index (χ3n) is 5.24. The molecule has 1 saturated heterocycles. The summed E-state index contributed by atoms with van der Waals surface area (Å²) in [6.45, 7) is 1.69. The summed E-state index contributed by atoms with van der Waals surface area (Å²) in [7, 11) is 0. The van der Waals surface area contributed by atoms with Crippen LogP contribution in [0.25, 0.3) is 0 Å². The summed E-state index contributed by atoms with van der Waals surface area (Å²) in [5, 5.41) is 4.64. The van der Waals surface area contributed by atoms with Crippen LogP contribution in [0.3, 0.4) is 0 Å². The van der Waals surface area contributed by atoms with Gasteiger partial charge in [0.2, 0.25) is 5.91 Å². The summed E-state index contributed by atoms with van der Waals surface area (Å²) in [6, 6.07) is 7.43. The van der Waals surface area contributed by atoms with Crippen LogP contribution in [-0.2, 0) is 17.4 Å². The smallest absolute Gasteiger partial charge is 0.353 e. The first kappa shape index (κ1) is 23.6. The lowest BCUT2D eigenvalue weighted by Crippen LogP contribution is -2.49. The highest BCUT2D eigenvalue weighted by Crippen LogP contribution is 2.29. The second-order valence-corrected chi connectivity index (χ2v) is 8.41. The van der Waals surface area contributed by atoms with E-state index in [4.69, 9.17) is 0 Å². The SMILES string of the molecule is O=C(Nc1nc(CC(=O)N2CCN(c3ccc(C(F)(F)F)cn3)CC2)cs1)c1ccc(F)cc1. The number of benzene rings is 1. The van der Waals surface area contributed by atoms with Crippen molar-refractivity contribution in [3.63, 3.8) is 0 Å². The molecule has 4 rings (SSSR count). The summed E-state index contributed by atoms with van der Waals surface area (Å²) in [6.07, 6.45) is -3.57. The molecule has 0 saturated carbocycles. The molecule has 34 heavy (non-hydrogen) atoms. The fraction of sp³-hybridized carbons (Fsp3) is 0.273. The number of thiazole rings is 1. The Labute approximate surface area is 196 Å². The predicted molar refractivity (Wildman–Crippen MR) is 118 cm³/mol. The van der Waals surface area contributed by atoms with Crippen LogP contribution in [0.4, 0.5) is 28.5 Å². The van der Waals surface area contributed by atoms with E-state index in [9.17, 15) is 27.2 Å². The van der Waals surface area contributed by atoms with Gasteiger partial charge in [-0.05, 0) is 36.4 Å². The molecule has 3 heterocycles. The normalized spacial score (nSPS) is 14.2. The van der Waals surface area contributed by atoms with Crippen molar-refractivity contribution in [1.82, 2.24) is 14.9 Å². The maximum Gasteiger partial charge on any atom is 0.417 e. The first-order valence-corrected chi connectivity index (χ1v) is 11.1. The van der Waals surface area contributed by atoms with Crippen molar-refractivity contribution in [3.05, 3.63) is 70.6 Å². The number of piperazine rings is 1. The summed E-state index contributed by atoms with van der Waals surface area (Å²) < 4.78 is 51.1. The first-order chi connectivity index (χ1) is 16.2. The van der Waals surface area contributed by atoms with E-state index in [0.717, 1.165) is 12.3 Å². The number of nitrogens with zero attached hydrogens (tertiary/aromatic N) is 4. The Hall–Kier alpha value is -3.54. The lowest BCUT2D eigenvalue weighted by atomic mass is 10.2. The zero-order valence-electron chi connectivity index (χ0n) is 17.7. The highest BCUT2D eigenvalue weighted by atomic mass is 32.1. The van der Waals surface area contributed by atoms with Gasteiger partial charge in [0.25, 0.3) is 5.91 Å². The minimum atomic E-state index is -4.43. The molecule has 0 aliphatic carbocycles. The molecule has 0 radical (unpaired) electrons. The van der Waals surface area contributed by atoms with E-state index < -0.39 is 23.5 Å². The van der Waals surface area contributed by atoms with E-state index in [1.807, 2.05) is 4.90 Å². The van der Waals surface area contributed by atoms with Crippen LogP contribution < -0.4 is 10.2 Å². The Morgan fingerprint density at radius 2 is 1.74 bits per heavy atom. The summed E-state index contributed by atoms with van der Waals surface area (Å²) in [5.74, 6) is -0.578. The lowest BCUT2D eigenvalue weighted by molar-refractivity contribution is -0.137. The number of pyridine rings is 1. The Morgan fingerprint density at radius 1 is 1.03 bits per heavy atom. The first-order valence-electron chi connectivity index (χ1n) is 10.3. The van der Waals surface area contributed by atoms with Gasteiger partial charge in [-0.2, -0.15) is 13.2 Å². The minimum Gasteiger partial charge on any atom is -0.353 e. The van der Waals surface area contributed by atoms with Crippen LogP contribution in [0, 0.1) is 5.82 Å². The fourth-order valence-electron chi connectivity index (χ4n) is 3.41. The van der Waals surface area contributed by atoms with Gasteiger partial charge >= 0.3 is 6.18 Å². The molecule has 0 spiro atoms. The highest BCUT2D eigenvalue weighted by molar-refractivity contribution is 7.14. The van der Waals surface area contributed by atoms with Crippen molar-refractivity contribution in [1.29, 1.82) is 0 Å². The molecule has 1 N–H and O–H groups in total. The number of rotatable bonds is 5. The molecular formula is C22H19F4N5O2S. The quantitative estimate of drug-likeness (QED) is 0.547. The molecule has 2 aromatic heterocycles. The van der Waals surface area contributed by atoms with Gasteiger partial charge in [-0.25, -0.2) is 14.4 Å². The van der Waals surface area contributed by atoms with Crippen molar-refractivity contribution in [2.75, 3.05) is 36.4 Å². The molecule has 3 aromatic rings. The van der Waals surface area contributed by atoms with Gasteiger partial charge in [-0.15, -0.1) is 11.3 Å². The maximum absolute atomic E-state index is 13.0. The molecule has 2 amide bonds. The monoisotopic (exact) mass is 493 g/mol. The van der Waals surface area contributed by atoms with Gasteiger partial charge in [0.15, 0.2) is 5.13 Å². The average Bonchev–Trinajstić information content (AvgIpc) is 3.25. The van der Waals surface area contributed by atoms with Crippen LogP contribution in [0.5, 0.6) is 0 Å². The number of hydrogen-bond donors (Lipinski definition) is 1. The van der Waals surface area contributed by atoms with Gasteiger partial charge in [0.1, 0.15) is 11.6 Å². The third-order valence-corrected chi connectivity index (χ3v) is 6.05. The zero-order chi connectivity index (χ0) is 24.3. The second kappa shape index (κ2) is 9.75. The molecule has 0 unspecified atom stereocenters. The Balaban J connectivity index is 1.28. The molecule has 7 nitrogen and oxygen atoms in total. The number of anilines is 2. The molecule has 0 atom stereocenters. The topological polar surface area (TPSA) is 78.4 Å². The number of carbonyl (C=O) groups is 2. The number of aromatic nitrogens is 2. The van der Waals surface area contributed by atoms with Gasteiger partial charge < -0.3 is 9.80 Å². The van der Waals surface area contributed by atoms with Gasteiger partial charge in [-0.3, -0.25) is 14.9 Å². The van der Waals surface area contributed by atoms with Gasteiger partial charge in [-0.1, -0.05) is 0 Å². The van der Waals surface area contributed by atoms with Gasteiger partial charge in [0.05, 0.1) is 17.7 Å². The fourth-order valence-corrected chi connectivity index (χ4v) is 4.11. The largest absolute Gasteiger partial charge is 0.417 e. The van der Waals surface area contributed by atoms with Crippen LogP contribution >= 0.6 is 11.3 Å². The van der Waals surface area contributed by atoms with E-state index in [1.165, 1.54) is 41.7 Å². The Kier molecular flexibility index (Phi) is 6.77. The van der Waals surface area contributed by atoms with E-state index in [1.54, 1.807) is 10.3 Å². The molecular weight excluding hydrogens is 474 g/mol. The molecule has 12 heteroatoms. The Morgan fingerprint density at radius 3 is 2.35 bits per heavy atom. The van der Waals surface area contributed by atoms with Crippen molar-refractivity contribution < 1.29 is 27.2 Å². The van der Waals surface area contributed by atoms with Crippen molar-refractivity contribution in [3.8, 4) is 0 Å². The predicted octanol–water partition coefficient (Wildman–Crippen LogP) is 3.84. The van der Waals surface area contributed by atoms with E-state index >= 15 is 0 Å². The number of hydrogen-bond acceptors (Lipinski definition) is 6. The van der Waals surface area contributed by atoms with Crippen molar-refractivity contribution in [2.45, 2.75) is 12.6 Å². The van der Waals surface area contributed by atoms with Crippen LogP contribution in [-0.4, -0.2) is 52.9 Å². The summed E-state index contributed by atoms with van der Waals surface area (Å²) in [4.78, 5) is 36.5. The summed E-state index contributed by atoms with van der Waals surface area (Å²) in [5.41, 5.74) is -0.00701. The number of carbonyl (C=O) groups excluding carboxylic acids is 2. The van der Waals surface area contributed by atoms with Gasteiger partial charge in [0, 0.05) is 43.3 Å².